The van der Waals surface area contributed by atoms with E-state index in [4.69, 9.17) is 5.11 Å². The summed E-state index contributed by atoms with van der Waals surface area (Å²) in [5.41, 5.74) is -1.54. The summed E-state index contributed by atoms with van der Waals surface area (Å²) in [4.78, 5) is 9.54. The third kappa shape index (κ3) is 1.63. The Morgan fingerprint density at radius 2 is 2.07 bits per heavy atom. The molecule has 1 aromatic carbocycles. The molecule has 0 aromatic heterocycles. The summed E-state index contributed by atoms with van der Waals surface area (Å²) in [7, 11) is 0. The van der Waals surface area contributed by atoms with E-state index >= 15 is 0 Å². The highest BCUT2D eigenvalue weighted by Gasteiger charge is 2.27. The van der Waals surface area contributed by atoms with Gasteiger partial charge in [0.25, 0.3) is 12.1 Å². The van der Waals surface area contributed by atoms with E-state index in [-0.39, 0.29) is 5.56 Å². The maximum atomic E-state index is 12.4. The van der Waals surface area contributed by atoms with Crippen molar-refractivity contribution < 1.29 is 18.8 Å². The van der Waals surface area contributed by atoms with Crippen molar-refractivity contribution in [2.24, 2.45) is 0 Å². The van der Waals surface area contributed by atoms with E-state index in [9.17, 15) is 18.9 Å². The van der Waals surface area contributed by atoms with Crippen molar-refractivity contribution in [1.29, 1.82) is 0 Å². The second kappa shape index (κ2) is 3.57. The van der Waals surface area contributed by atoms with Gasteiger partial charge in [0, 0.05) is 5.56 Å². The number of halogens is 2. The van der Waals surface area contributed by atoms with Crippen LogP contribution < -0.4 is 0 Å². The van der Waals surface area contributed by atoms with Crippen LogP contribution >= 0.6 is 0 Å². The number of nitro benzene ring substituents is 1. The predicted molar refractivity (Wildman–Crippen MR) is 44.5 cm³/mol. The number of rotatable bonds is 2. The summed E-state index contributed by atoms with van der Waals surface area (Å²) in [6, 6.07) is 2.24. The number of alkyl halides is 2. The average molecular weight is 203 g/mol. The maximum absolute atomic E-state index is 12.4. The van der Waals surface area contributed by atoms with Crippen LogP contribution in [0.25, 0.3) is 0 Å². The van der Waals surface area contributed by atoms with E-state index in [1.54, 1.807) is 0 Å². The third-order valence-electron chi connectivity index (χ3n) is 1.80. The van der Waals surface area contributed by atoms with Crippen LogP contribution in [-0.2, 0) is 0 Å². The molecule has 6 heteroatoms. The Kier molecular flexibility index (Phi) is 2.64. The van der Waals surface area contributed by atoms with Gasteiger partial charge < -0.3 is 5.11 Å². The van der Waals surface area contributed by atoms with E-state index in [2.05, 4.69) is 0 Å². The Bertz CT molecular complexity index is 379. The lowest BCUT2D eigenvalue weighted by molar-refractivity contribution is -0.386. The smallest absolute Gasteiger partial charge is 0.284 e. The monoisotopic (exact) mass is 203 g/mol. The van der Waals surface area contributed by atoms with E-state index in [1.165, 1.54) is 13.0 Å². The van der Waals surface area contributed by atoms with Gasteiger partial charge in [-0.2, -0.15) is 0 Å². The largest absolute Gasteiger partial charge is 0.507 e. The summed E-state index contributed by atoms with van der Waals surface area (Å²) in [5.74, 6) is -0.752. The number of phenolic OH excluding ortho intramolecular Hbond substituents is 1. The molecule has 0 saturated carbocycles. The summed E-state index contributed by atoms with van der Waals surface area (Å²) in [6.45, 7) is 1.34. The average Bonchev–Trinajstić information content (AvgIpc) is 2.07. The summed E-state index contributed by atoms with van der Waals surface area (Å²) < 4.78 is 24.7. The minimum Gasteiger partial charge on any atom is -0.507 e. The van der Waals surface area contributed by atoms with Gasteiger partial charge in [0.2, 0.25) is 0 Å². The topological polar surface area (TPSA) is 63.4 Å². The molecule has 0 aliphatic heterocycles. The van der Waals surface area contributed by atoms with Gasteiger partial charge in [0.15, 0.2) is 0 Å². The van der Waals surface area contributed by atoms with Crippen LogP contribution in [0.15, 0.2) is 12.1 Å². The lowest BCUT2D eigenvalue weighted by Crippen LogP contribution is -1.99. The Morgan fingerprint density at radius 1 is 1.50 bits per heavy atom. The molecule has 1 rings (SSSR count). The number of hydrogen-bond acceptors (Lipinski definition) is 3. The zero-order valence-electron chi connectivity index (χ0n) is 7.20. The quantitative estimate of drug-likeness (QED) is 0.593. The number of benzene rings is 1. The standard InChI is InChI=1S/C8H7F2NO3/c1-4-2-3-5(12)6(8(9)10)7(4)11(13)14/h2-3,8,12H,1H3. The molecule has 0 aliphatic carbocycles. The molecular weight excluding hydrogens is 196 g/mol. The second-order valence-corrected chi connectivity index (χ2v) is 2.72. The molecule has 0 amide bonds. The van der Waals surface area contributed by atoms with Crippen molar-refractivity contribution in [2.45, 2.75) is 13.3 Å². The first-order chi connectivity index (χ1) is 6.45. The molecule has 0 aliphatic rings. The first kappa shape index (κ1) is 10.4. The Balaban J connectivity index is 3.50. The lowest BCUT2D eigenvalue weighted by Gasteiger charge is -2.06. The second-order valence-electron chi connectivity index (χ2n) is 2.72. The van der Waals surface area contributed by atoms with Gasteiger partial charge in [-0.15, -0.1) is 0 Å². The Morgan fingerprint density at radius 3 is 2.43 bits per heavy atom. The van der Waals surface area contributed by atoms with Crippen LogP contribution in [0.1, 0.15) is 17.6 Å². The number of aryl methyl sites for hydroxylation is 1. The fourth-order valence-corrected chi connectivity index (χ4v) is 1.16. The van der Waals surface area contributed by atoms with Gasteiger partial charge in [-0.25, -0.2) is 8.78 Å². The number of phenols is 1. The van der Waals surface area contributed by atoms with Crippen molar-refractivity contribution in [1.82, 2.24) is 0 Å². The van der Waals surface area contributed by atoms with Gasteiger partial charge in [-0.3, -0.25) is 10.1 Å². The number of nitro groups is 1. The molecular formula is C8H7F2NO3. The van der Waals surface area contributed by atoms with Crippen molar-refractivity contribution in [3.63, 3.8) is 0 Å². The van der Waals surface area contributed by atoms with Gasteiger partial charge in [-0.05, 0) is 19.1 Å². The lowest BCUT2D eigenvalue weighted by atomic mass is 10.1. The molecule has 1 N–H and O–H groups in total. The summed E-state index contributed by atoms with van der Waals surface area (Å²) in [6.07, 6.45) is -3.06. The summed E-state index contributed by atoms with van der Waals surface area (Å²) in [5, 5.41) is 19.5. The molecule has 0 heterocycles. The zero-order chi connectivity index (χ0) is 10.9. The van der Waals surface area contributed by atoms with E-state index in [1.807, 2.05) is 0 Å². The zero-order valence-corrected chi connectivity index (χ0v) is 7.20. The van der Waals surface area contributed by atoms with Crippen LogP contribution in [0.3, 0.4) is 0 Å². The maximum Gasteiger partial charge on any atom is 0.284 e. The molecule has 0 saturated heterocycles. The normalized spacial score (nSPS) is 10.6. The third-order valence-corrected chi connectivity index (χ3v) is 1.80. The van der Waals surface area contributed by atoms with Gasteiger partial charge in [-0.1, -0.05) is 0 Å². The molecule has 0 unspecified atom stereocenters. The predicted octanol–water partition coefficient (Wildman–Crippen LogP) is 2.55. The molecule has 14 heavy (non-hydrogen) atoms. The highest BCUT2D eigenvalue weighted by atomic mass is 19.3. The molecule has 4 nitrogen and oxygen atoms in total. The molecule has 0 radical (unpaired) electrons. The minimum absolute atomic E-state index is 0.100. The Hall–Kier alpha value is -1.72. The first-order valence-electron chi connectivity index (χ1n) is 3.70. The van der Waals surface area contributed by atoms with E-state index in [0.29, 0.717) is 0 Å². The molecule has 0 fully saturated rings. The van der Waals surface area contributed by atoms with Crippen LogP contribution in [0.4, 0.5) is 14.5 Å². The van der Waals surface area contributed by atoms with Crippen molar-refractivity contribution >= 4 is 5.69 Å². The molecule has 76 valence electrons. The van der Waals surface area contributed by atoms with Crippen LogP contribution in [0.2, 0.25) is 0 Å². The molecule has 0 spiro atoms. The number of hydrogen-bond donors (Lipinski definition) is 1. The first-order valence-corrected chi connectivity index (χ1v) is 3.70. The number of nitrogens with zero attached hydrogens (tertiary/aromatic N) is 1. The van der Waals surface area contributed by atoms with E-state index < -0.39 is 28.3 Å². The Labute approximate surface area is 77.9 Å². The van der Waals surface area contributed by atoms with Crippen LogP contribution in [0.5, 0.6) is 5.75 Å². The van der Waals surface area contributed by atoms with Crippen molar-refractivity contribution in [3.8, 4) is 5.75 Å². The van der Waals surface area contributed by atoms with Gasteiger partial charge in [0.05, 0.1) is 4.92 Å². The highest BCUT2D eigenvalue weighted by molar-refractivity contribution is 5.54. The van der Waals surface area contributed by atoms with Gasteiger partial charge >= 0.3 is 0 Å². The fraction of sp³-hybridized carbons (Fsp3) is 0.250. The molecule has 0 atom stereocenters. The highest BCUT2D eigenvalue weighted by Crippen LogP contribution is 2.37. The minimum atomic E-state index is -3.06. The molecule has 0 bridgehead atoms. The van der Waals surface area contributed by atoms with Crippen LogP contribution in [-0.4, -0.2) is 10.0 Å². The van der Waals surface area contributed by atoms with Crippen molar-refractivity contribution in [2.75, 3.05) is 0 Å². The fourth-order valence-electron chi connectivity index (χ4n) is 1.16. The van der Waals surface area contributed by atoms with E-state index in [0.717, 1.165) is 6.07 Å². The SMILES string of the molecule is Cc1ccc(O)c(C(F)F)c1[N+](=O)[O-]. The van der Waals surface area contributed by atoms with Crippen molar-refractivity contribution in [3.05, 3.63) is 33.4 Å². The summed E-state index contributed by atoms with van der Waals surface area (Å²) >= 11 is 0. The number of aromatic hydroxyl groups is 1. The molecule has 1 aromatic rings. The van der Waals surface area contributed by atoms with Gasteiger partial charge in [0.1, 0.15) is 11.3 Å². The van der Waals surface area contributed by atoms with Crippen LogP contribution in [0, 0.1) is 17.0 Å².